The van der Waals surface area contributed by atoms with Gasteiger partial charge in [-0.05, 0) is 14.1 Å². The van der Waals surface area contributed by atoms with Crippen molar-refractivity contribution in [1.29, 1.82) is 0 Å². The zero-order valence-corrected chi connectivity index (χ0v) is 9.69. The highest BCUT2D eigenvalue weighted by molar-refractivity contribution is 5.93. The van der Waals surface area contributed by atoms with Gasteiger partial charge in [-0.1, -0.05) is 0 Å². The van der Waals surface area contributed by atoms with Gasteiger partial charge in [0, 0.05) is 19.3 Å². The summed E-state index contributed by atoms with van der Waals surface area (Å²) in [6.45, 7) is 2.60. The molecular formula is C10H18N4O2. The van der Waals surface area contributed by atoms with Crippen LogP contribution in [0.5, 0.6) is 0 Å². The van der Waals surface area contributed by atoms with Crippen molar-refractivity contribution in [3.05, 3.63) is 18.0 Å². The highest BCUT2D eigenvalue weighted by Crippen LogP contribution is 1.91. The van der Waals surface area contributed by atoms with Crippen LogP contribution in [0.4, 0.5) is 0 Å². The first kappa shape index (κ1) is 12.7. The summed E-state index contributed by atoms with van der Waals surface area (Å²) < 4.78 is 5.33. The van der Waals surface area contributed by atoms with Gasteiger partial charge in [-0.25, -0.2) is 0 Å². The minimum atomic E-state index is -0.134. The van der Waals surface area contributed by atoms with E-state index >= 15 is 0 Å². The van der Waals surface area contributed by atoms with Crippen LogP contribution in [-0.4, -0.2) is 61.4 Å². The second-order valence-corrected chi connectivity index (χ2v) is 3.66. The number of aromatic amines is 1. The molecule has 0 aliphatic rings. The summed E-state index contributed by atoms with van der Waals surface area (Å²) >= 11 is 0. The summed E-state index contributed by atoms with van der Waals surface area (Å²) in [5, 5.41) is 9.02. The van der Waals surface area contributed by atoms with Gasteiger partial charge in [0.2, 0.25) is 0 Å². The largest absolute Gasteiger partial charge is 0.378 e. The Labute approximate surface area is 95.0 Å². The van der Waals surface area contributed by atoms with E-state index in [1.807, 2.05) is 19.0 Å². The molecule has 2 N–H and O–H groups in total. The fraction of sp³-hybridized carbons (Fsp3) is 0.600. The Bertz CT molecular complexity index is 298. The van der Waals surface area contributed by atoms with E-state index < -0.39 is 0 Å². The molecule has 0 saturated carbocycles. The normalized spacial score (nSPS) is 10.7. The van der Waals surface area contributed by atoms with Gasteiger partial charge >= 0.3 is 0 Å². The molecule has 0 aromatic carbocycles. The van der Waals surface area contributed by atoms with Gasteiger partial charge in [-0.3, -0.25) is 9.89 Å². The lowest BCUT2D eigenvalue weighted by atomic mass is 10.3. The predicted molar refractivity (Wildman–Crippen MR) is 60.3 cm³/mol. The van der Waals surface area contributed by atoms with E-state index in [1.54, 1.807) is 6.20 Å². The molecule has 0 atom stereocenters. The molecule has 0 aliphatic carbocycles. The van der Waals surface area contributed by atoms with Crippen molar-refractivity contribution >= 4 is 5.91 Å². The molecule has 90 valence electrons. The minimum Gasteiger partial charge on any atom is -0.378 e. The Balaban J connectivity index is 2.01. The predicted octanol–water partition coefficient (Wildman–Crippen LogP) is -0.282. The smallest absolute Gasteiger partial charge is 0.254 e. The van der Waals surface area contributed by atoms with Gasteiger partial charge in [0.1, 0.15) is 0 Å². The van der Waals surface area contributed by atoms with Crippen molar-refractivity contribution in [3.8, 4) is 0 Å². The number of H-pyrrole nitrogens is 1. The van der Waals surface area contributed by atoms with Crippen molar-refractivity contribution in [1.82, 2.24) is 20.4 Å². The Morgan fingerprint density at radius 2 is 2.38 bits per heavy atom. The molecular weight excluding hydrogens is 208 g/mol. The summed E-state index contributed by atoms with van der Waals surface area (Å²) in [5.74, 6) is -0.134. The number of likely N-dealkylation sites (N-methyl/N-ethyl adjacent to an activating group) is 1. The number of aromatic nitrogens is 2. The first-order valence-corrected chi connectivity index (χ1v) is 5.19. The molecule has 1 amide bonds. The standard InChI is InChI=1S/C10H18N4O2/c1-14(2)4-6-16-5-3-11-10(15)9-7-12-13-8-9/h7-8H,3-6H2,1-2H3,(H,11,15)(H,12,13). The second kappa shape index (κ2) is 6.97. The molecule has 1 heterocycles. The quantitative estimate of drug-likeness (QED) is 0.627. The van der Waals surface area contributed by atoms with E-state index in [0.717, 1.165) is 6.54 Å². The van der Waals surface area contributed by atoms with Crippen LogP contribution in [0.2, 0.25) is 0 Å². The van der Waals surface area contributed by atoms with Crippen LogP contribution >= 0.6 is 0 Å². The van der Waals surface area contributed by atoms with Crippen LogP contribution in [0.25, 0.3) is 0 Å². The first-order chi connectivity index (χ1) is 7.70. The van der Waals surface area contributed by atoms with Crippen molar-refractivity contribution < 1.29 is 9.53 Å². The van der Waals surface area contributed by atoms with E-state index in [9.17, 15) is 4.79 Å². The van der Waals surface area contributed by atoms with E-state index in [1.165, 1.54) is 6.20 Å². The SMILES string of the molecule is CN(C)CCOCCNC(=O)c1cn[nH]c1. The highest BCUT2D eigenvalue weighted by atomic mass is 16.5. The molecule has 16 heavy (non-hydrogen) atoms. The third-order valence-corrected chi connectivity index (χ3v) is 1.98. The lowest BCUT2D eigenvalue weighted by Crippen LogP contribution is -2.28. The number of nitrogens with one attached hydrogen (secondary N) is 2. The average Bonchev–Trinajstić information content (AvgIpc) is 2.75. The fourth-order valence-electron chi connectivity index (χ4n) is 1.06. The Morgan fingerprint density at radius 3 is 3.00 bits per heavy atom. The van der Waals surface area contributed by atoms with Gasteiger partial charge in [-0.15, -0.1) is 0 Å². The molecule has 0 bridgehead atoms. The molecule has 6 nitrogen and oxygen atoms in total. The Kier molecular flexibility index (Phi) is 5.52. The molecule has 1 aromatic rings. The molecule has 1 rings (SSSR count). The van der Waals surface area contributed by atoms with Crippen LogP contribution in [0, 0.1) is 0 Å². The van der Waals surface area contributed by atoms with Crippen LogP contribution in [0.15, 0.2) is 12.4 Å². The average molecular weight is 226 g/mol. The van der Waals surface area contributed by atoms with E-state index in [-0.39, 0.29) is 5.91 Å². The number of rotatable bonds is 7. The molecule has 0 spiro atoms. The minimum absolute atomic E-state index is 0.134. The topological polar surface area (TPSA) is 70.2 Å². The molecule has 0 fully saturated rings. The summed E-state index contributed by atoms with van der Waals surface area (Å²) in [6.07, 6.45) is 3.05. The van der Waals surface area contributed by atoms with Crippen molar-refractivity contribution in [2.24, 2.45) is 0 Å². The number of carbonyl (C=O) groups excluding carboxylic acids is 1. The van der Waals surface area contributed by atoms with E-state index in [0.29, 0.717) is 25.3 Å². The monoisotopic (exact) mass is 226 g/mol. The van der Waals surface area contributed by atoms with E-state index in [4.69, 9.17) is 4.74 Å². The van der Waals surface area contributed by atoms with Crippen LogP contribution in [0.3, 0.4) is 0 Å². The van der Waals surface area contributed by atoms with Crippen molar-refractivity contribution in [2.75, 3.05) is 40.4 Å². The van der Waals surface area contributed by atoms with Gasteiger partial charge in [0.15, 0.2) is 0 Å². The van der Waals surface area contributed by atoms with Crippen LogP contribution < -0.4 is 5.32 Å². The number of hydrogen-bond acceptors (Lipinski definition) is 4. The maximum Gasteiger partial charge on any atom is 0.254 e. The van der Waals surface area contributed by atoms with Gasteiger partial charge in [-0.2, -0.15) is 5.10 Å². The molecule has 1 aromatic heterocycles. The van der Waals surface area contributed by atoms with Crippen LogP contribution in [0.1, 0.15) is 10.4 Å². The Hall–Kier alpha value is -1.40. The molecule has 0 saturated heterocycles. The fourth-order valence-corrected chi connectivity index (χ4v) is 1.06. The molecule has 0 radical (unpaired) electrons. The van der Waals surface area contributed by atoms with Crippen molar-refractivity contribution in [3.63, 3.8) is 0 Å². The zero-order valence-electron chi connectivity index (χ0n) is 9.69. The van der Waals surface area contributed by atoms with Gasteiger partial charge < -0.3 is 15.0 Å². The Morgan fingerprint density at radius 1 is 1.56 bits per heavy atom. The second-order valence-electron chi connectivity index (χ2n) is 3.66. The number of nitrogens with zero attached hydrogens (tertiary/aromatic N) is 2. The van der Waals surface area contributed by atoms with Gasteiger partial charge in [0.05, 0.1) is 25.0 Å². The maximum absolute atomic E-state index is 11.4. The number of amides is 1. The third-order valence-electron chi connectivity index (χ3n) is 1.98. The summed E-state index contributed by atoms with van der Waals surface area (Å²) in [7, 11) is 3.98. The lowest BCUT2D eigenvalue weighted by molar-refractivity contribution is 0.0900. The molecule has 0 unspecified atom stereocenters. The maximum atomic E-state index is 11.4. The highest BCUT2D eigenvalue weighted by Gasteiger charge is 2.04. The first-order valence-electron chi connectivity index (χ1n) is 5.19. The molecule has 6 heteroatoms. The van der Waals surface area contributed by atoms with E-state index in [2.05, 4.69) is 15.5 Å². The van der Waals surface area contributed by atoms with Gasteiger partial charge in [0.25, 0.3) is 5.91 Å². The number of carbonyl (C=O) groups is 1. The zero-order chi connectivity index (χ0) is 11.8. The third kappa shape index (κ3) is 4.90. The molecule has 0 aliphatic heterocycles. The number of hydrogen-bond donors (Lipinski definition) is 2. The number of ether oxygens (including phenoxy) is 1. The van der Waals surface area contributed by atoms with Crippen LogP contribution in [-0.2, 0) is 4.74 Å². The lowest BCUT2D eigenvalue weighted by Gasteiger charge is -2.09. The summed E-state index contributed by atoms with van der Waals surface area (Å²) in [5.41, 5.74) is 0.535. The van der Waals surface area contributed by atoms with Crippen molar-refractivity contribution in [2.45, 2.75) is 0 Å². The summed E-state index contributed by atoms with van der Waals surface area (Å²) in [6, 6.07) is 0. The summed E-state index contributed by atoms with van der Waals surface area (Å²) in [4.78, 5) is 13.5.